The molecule has 0 amide bonds. The monoisotopic (exact) mass is 475 g/mol. The fourth-order valence-corrected chi connectivity index (χ4v) is 4.85. The second-order valence-electron chi connectivity index (χ2n) is 8.96. The number of hydrogen-bond acceptors (Lipinski definition) is 8. The van der Waals surface area contributed by atoms with Gasteiger partial charge in [-0.05, 0) is 42.0 Å². The molecule has 0 radical (unpaired) electrons. The van der Waals surface area contributed by atoms with Gasteiger partial charge in [0.25, 0.3) is 0 Å². The van der Waals surface area contributed by atoms with Crippen molar-refractivity contribution in [2.24, 2.45) is 0 Å². The van der Waals surface area contributed by atoms with Crippen LogP contribution in [0.2, 0.25) is 0 Å². The second-order valence-corrected chi connectivity index (χ2v) is 8.96. The molecule has 3 aromatic rings. The van der Waals surface area contributed by atoms with Crippen molar-refractivity contribution in [3.63, 3.8) is 0 Å². The number of nitrogens with zero attached hydrogens (tertiary/aromatic N) is 5. The van der Waals surface area contributed by atoms with Crippen LogP contribution in [0.5, 0.6) is 17.2 Å². The Bertz CT molecular complexity index is 1150. The van der Waals surface area contributed by atoms with Crippen molar-refractivity contribution in [2.45, 2.75) is 19.5 Å². The van der Waals surface area contributed by atoms with Gasteiger partial charge in [-0.2, -0.15) is 0 Å². The fourth-order valence-electron chi connectivity index (χ4n) is 4.85. The molecule has 0 N–H and O–H groups in total. The summed E-state index contributed by atoms with van der Waals surface area (Å²) in [4.78, 5) is 16.8. The molecule has 1 aromatic heterocycles. The maximum absolute atomic E-state index is 5.46. The highest BCUT2D eigenvalue weighted by atomic mass is 16.5. The average Bonchev–Trinajstić information content (AvgIpc) is 2.93. The first-order chi connectivity index (χ1) is 17.2. The minimum atomic E-state index is 0.756. The molecule has 8 nitrogen and oxygen atoms in total. The maximum Gasteiger partial charge on any atom is 0.225 e. The van der Waals surface area contributed by atoms with E-state index in [0.717, 1.165) is 75.4 Å². The zero-order valence-corrected chi connectivity index (χ0v) is 20.7. The van der Waals surface area contributed by atoms with E-state index in [2.05, 4.69) is 39.0 Å². The zero-order chi connectivity index (χ0) is 24.2. The molecule has 35 heavy (non-hydrogen) atoms. The summed E-state index contributed by atoms with van der Waals surface area (Å²) in [6, 6.07) is 14.4. The van der Waals surface area contributed by atoms with E-state index < -0.39 is 0 Å². The molecule has 0 atom stereocenters. The third-order valence-electron chi connectivity index (χ3n) is 6.85. The number of fused-ring (bicyclic) bond motifs is 1. The standard InChI is InChI=1S/C27H33N5O3/c1-33-23-7-5-22(6-8-23)31-12-14-32(15-13-31)27-28-17-21-19-30(11-10-24(21)29-27)18-20-4-9-25(34-2)26(16-20)35-3/h4-9,16-17H,10-15,18-19H2,1-3H3. The summed E-state index contributed by atoms with van der Waals surface area (Å²) < 4.78 is 16.1. The van der Waals surface area contributed by atoms with Crippen molar-refractivity contribution >= 4 is 11.6 Å². The van der Waals surface area contributed by atoms with Crippen LogP contribution in [0.1, 0.15) is 16.8 Å². The van der Waals surface area contributed by atoms with Gasteiger partial charge >= 0.3 is 0 Å². The lowest BCUT2D eigenvalue weighted by Crippen LogP contribution is -2.47. The highest BCUT2D eigenvalue weighted by molar-refractivity contribution is 5.51. The lowest BCUT2D eigenvalue weighted by molar-refractivity contribution is 0.242. The second kappa shape index (κ2) is 10.4. The minimum absolute atomic E-state index is 0.756. The van der Waals surface area contributed by atoms with Gasteiger partial charge in [-0.25, -0.2) is 9.97 Å². The first-order valence-corrected chi connectivity index (χ1v) is 12.1. The van der Waals surface area contributed by atoms with Gasteiger partial charge in [-0.3, -0.25) is 4.90 Å². The molecule has 3 heterocycles. The van der Waals surface area contributed by atoms with Gasteiger partial charge < -0.3 is 24.0 Å². The topological polar surface area (TPSA) is 63.2 Å². The first-order valence-electron chi connectivity index (χ1n) is 12.1. The normalized spacial score (nSPS) is 16.1. The third kappa shape index (κ3) is 5.12. The van der Waals surface area contributed by atoms with Crippen molar-refractivity contribution in [2.75, 3.05) is 63.9 Å². The van der Waals surface area contributed by atoms with Crippen LogP contribution in [0.15, 0.2) is 48.7 Å². The molecule has 1 fully saturated rings. The van der Waals surface area contributed by atoms with Crippen LogP contribution in [0, 0.1) is 0 Å². The quantitative estimate of drug-likeness (QED) is 0.515. The van der Waals surface area contributed by atoms with Crippen LogP contribution in [-0.2, 0) is 19.5 Å². The molecule has 184 valence electrons. The van der Waals surface area contributed by atoms with E-state index in [9.17, 15) is 0 Å². The number of ether oxygens (including phenoxy) is 3. The van der Waals surface area contributed by atoms with E-state index >= 15 is 0 Å². The predicted octanol–water partition coefficient (Wildman–Crippen LogP) is 3.39. The summed E-state index contributed by atoms with van der Waals surface area (Å²) in [5.41, 5.74) is 4.83. The molecular formula is C27H33N5O3. The van der Waals surface area contributed by atoms with Crippen molar-refractivity contribution in [1.82, 2.24) is 14.9 Å². The van der Waals surface area contributed by atoms with E-state index in [1.165, 1.54) is 22.5 Å². The molecule has 2 aliphatic rings. The fraction of sp³-hybridized carbons (Fsp3) is 0.407. The Kier molecular flexibility index (Phi) is 6.90. The Hall–Kier alpha value is -3.52. The number of hydrogen-bond donors (Lipinski definition) is 0. The molecule has 0 bridgehead atoms. The van der Waals surface area contributed by atoms with Gasteiger partial charge in [0.05, 0.1) is 27.0 Å². The predicted molar refractivity (Wildman–Crippen MR) is 137 cm³/mol. The van der Waals surface area contributed by atoms with E-state index in [0.29, 0.717) is 0 Å². The number of methoxy groups -OCH3 is 3. The van der Waals surface area contributed by atoms with Crippen molar-refractivity contribution in [3.8, 4) is 17.2 Å². The molecule has 0 spiro atoms. The largest absolute Gasteiger partial charge is 0.497 e. The Morgan fingerprint density at radius 2 is 1.54 bits per heavy atom. The zero-order valence-electron chi connectivity index (χ0n) is 20.7. The smallest absolute Gasteiger partial charge is 0.225 e. The Morgan fingerprint density at radius 1 is 0.800 bits per heavy atom. The summed E-state index contributed by atoms with van der Waals surface area (Å²) in [6.45, 7) is 6.41. The van der Waals surface area contributed by atoms with Gasteiger partial charge in [0.1, 0.15) is 5.75 Å². The molecule has 8 heteroatoms. The number of piperazine rings is 1. The molecular weight excluding hydrogens is 442 g/mol. The molecule has 1 saturated heterocycles. The molecule has 2 aliphatic heterocycles. The van der Waals surface area contributed by atoms with Crippen LogP contribution in [-0.4, -0.2) is 68.9 Å². The van der Waals surface area contributed by atoms with Crippen LogP contribution >= 0.6 is 0 Å². The average molecular weight is 476 g/mol. The highest BCUT2D eigenvalue weighted by Gasteiger charge is 2.23. The van der Waals surface area contributed by atoms with Crippen LogP contribution in [0.25, 0.3) is 0 Å². The Balaban J connectivity index is 1.19. The van der Waals surface area contributed by atoms with Gasteiger partial charge in [-0.1, -0.05) is 6.07 Å². The van der Waals surface area contributed by atoms with Crippen LogP contribution in [0.4, 0.5) is 11.6 Å². The van der Waals surface area contributed by atoms with Gasteiger partial charge in [-0.15, -0.1) is 0 Å². The van der Waals surface area contributed by atoms with E-state index in [1.807, 2.05) is 24.4 Å². The molecule has 5 rings (SSSR count). The number of anilines is 2. The maximum atomic E-state index is 5.46. The van der Waals surface area contributed by atoms with E-state index in [-0.39, 0.29) is 0 Å². The Labute approximate surface area is 207 Å². The summed E-state index contributed by atoms with van der Waals surface area (Å²) in [5, 5.41) is 0. The van der Waals surface area contributed by atoms with Crippen LogP contribution < -0.4 is 24.0 Å². The van der Waals surface area contributed by atoms with Crippen molar-refractivity contribution in [1.29, 1.82) is 0 Å². The molecule has 0 aliphatic carbocycles. The summed E-state index contributed by atoms with van der Waals surface area (Å²) in [5.74, 6) is 3.26. The Morgan fingerprint density at radius 3 is 2.26 bits per heavy atom. The van der Waals surface area contributed by atoms with E-state index in [1.54, 1.807) is 21.3 Å². The third-order valence-corrected chi connectivity index (χ3v) is 6.85. The SMILES string of the molecule is COc1ccc(N2CCN(c3ncc4c(n3)CCN(Cc3ccc(OC)c(OC)c3)C4)CC2)cc1. The van der Waals surface area contributed by atoms with Crippen molar-refractivity contribution in [3.05, 3.63) is 65.5 Å². The minimum Gasteiger partial charge on any atom is -0.497 e. The van der Waals surface area contributed by atoms with Gasteiger partial charge in [0.2, 0.25) is 5.95 Å². The first kappa shape index (κ1) is 23.2. The summed E-state index contributed by atoms with van der Waals surface area (Å²) in [6.07, 6.45) is 2.96. The summed E-state index contributed by atoms with van der Waals surface area (Å²) in [7, 11) is 5.03. The molecule has 0 unspecified atom stereocenters. The number of aromatic nitrogens is 2. The van der Waals surface area contributed by atoms with E-state index in [4.69, 9.17) is 24.2 Å². The van der Waals surface area contributed by atoms with Gasteiger partial charge in [0, 0.05) is 69.7 Å². The number of benzene rings is 2. The molecule has 0 saturated carbocycles. The van der Waals surface area contributed by atoms with Crippen LogP contribution in [0.3, 0.4) is 0 Å². The molecule has 2 aromatic carbocycles. The number of rotatable bonds is 7. The van der Waals surface area contributed by atoms with Crippen molar-refractivity contribution < 1.29 is 14.2 Å². The lowest BCUT2D eigenvalue weighted by Gasteiger charge is -2.36. The van der Waals surface area contributed by atoms with Gasteiger partial charge in [0.15, 0.2) is 11.5 Å². The summed E-state index contributed by atoms with van der Waals surface area (Å²) >= 11 is 0. The lowest BCUT2D eigenvalue weighted by atomic mass is 10.1. The highest BCUT2D eigenvalue weighted by Crippen LogP contribution is 2.29.